The second-order valence-electron chi connectivity index (χ2n) is 7.50. The Morgan fingerprint density at radius 1 is 1.25 bits per heavy atom. The molecule has 0 spiro atoms. The van der Waals surface area contributed by atoms with Crippen LogP contribution in [-0.4, -0.2) is 46.4 Å². The highest BCUT2D eigenvalue weighted by atomic mass is 16.3. The standard InChI is InChI=1S/C22H23N5O/c1-14-8-9-17(19(28)11-14)21-18-7-3-5-15(12-23)20(18)22(26-25-21)24-16-6-4-10-27(2)13-16/h3,5,7-9,11,16,28H,4,6,10,13H2,1-2H3,(H,24,26)/t16-/m1/s1. The van der Waals surface area contributed by atoms with Gasteiger partial charge in [-0.2, -0.15) is 5.26 Å². The van der Waals surface area contributed by atoms with E-state index in [2.05, 4.69) is 33.5 Å². The van der Waals surface area contributed by atoms with Crippen molar-refractivity contribution in [2.45, 2.75) is 25.8 Å². The van der Waals surface area contributed by atoms with Gasteiger partial charge in [-0.05, 0) is 57.1 Å². The van der Waals surface area contributed by atoms with Gasteiger partial charge in [0.1, 0.15) is 11.4 Å². The third-order valence-electron chi connectivity index (χ3n) is 5.30. The molecule has 0 saturated carbocycles. The number of fused-ring (bicyclic) bond motifs is 1. The molecule has 142 valence electrons. The SMILES string of the molecule is Cc1ccc(-c2nnc(N[C@@H]3CCCN(C)C3)c3c(C#N)cccc23)c(O)c1. The normalized spacial score (nSPS) is 17.4. The summed E-state index contributed by atoms with van der Waals surface area (Å²) < 4.78 is 0. The first-order chi connectivity index (χ1) is 13.6. The van der Waals surface area contributed by atoms with Crippen molar-refractivity contribution in [3.8, 4) is 23.1 Å². The summed E-state index contributed by atoms with van der Waals surface area (Å²) in [6, 6.07) is 13.6. The van der Waals surface area contributed by atoms with Crippen molar-refractivity contribution in [3.63, 3.8) is 0 Å². The maximum Gasteiger partial charge on any atom is 0.158 e. The van der Waals surface area contributed by atoms with Crippen molar-refractivity contribution in [1.82, 2.24) is 15.1 Å². The summed E-state index contributed by atoms with van der Waals surface area (Å²) in [5.41, 5.74) is 2.71. The van der Waals surface area contributed by atoms with Gasteiger partial charge in [-0.3, -0.25) is 0 Å². The molecule has 1 aromatic heterocycles. The first kappa shape index (κ1) is 18.2. The van der Waals surface area contributed by atoms with E-state index in [1.807, 2.05) is 31.2 Å². The molecule has 2 heterocycles. The second-order valence-corrected chi connectivity index (χ2v) is 7.50. The van der Waals surface area contributed by atoms with Crippen LogP contribution in [-0.2, 0) is 0 Å². The number of rotatable bonds is 3. The van der Waals surface area contributed by atoms with Crippen LogP contribution in [0.5, 0.6) is 5.75 Å². The van der Waals surface area contributed by atoms with Crippen LogP contribution >= 0.6 is 0 Å². The summed E-state index contributed by atoms with van der Waals surface area (Å²) >= 11 is 0. The van der Waals surface area contributed by atoms with E-state index in [9.17, 15) is 10.4 Å². The predicted octanol–water partition coefficient (Wildman–Crippen LogP) is 3.69. The zero-order valence-corrected chi connectivity index (χ0v) is 16.1. The second kappa shape index (κ2) is 7.45. The maximum absolute atomic E-state index is 10.4. The molecule has 1 aliphatic rings. The third-order valence-corrected chi connectivity index (χ3v) is 5.30. The summed E-state index contributed by atoms with van der Waals surface area (Å²) in [6.45, 7) is 3.95. The molecule has 6 heteroatoms. The molecule has 2 N–H and O–H groups in total. The van der Waals surface area contributed by atoms with Crippen molar-refractivity contribution in [1.29, 1.82) is 5.26 Å². The molecule has 2 aromatic carbocycles. The number of phenols is 1. The van der Waals surface area contributed by atoms with Gasteiger partial charge in [0, 0.05) is 28.9 Å². The summed E-state index contributed by atoms with van der Waals surface area (Å²) in [4.78, 5) is 2.29. The van der Waals surface area contributed by atoms with E-state index in [1.165, 1.54) is 0 Å². The highest BCUT2D eigenvalue weighted by molar-refractivity contribution is 6.03. The van der Waals surface area contributed by atoms with Crippen LogP contribution in [0.15, 0.2) is 36.4 Å². The van der Waals surface area contributed by atoms with E-state index in [0.29, 0.717) is 22.6 Å². The number of likely N-dealkylation sites (N-methyl/N-ethyl adjacent to an activating group) is 1. The number of nitrogens with zero attached hydrogens (tertiary/aromatic N) is 4. The molecular weight excluding hydrogens is 350 g/mol. The molecule has 28 heavy (non-hydrogen) atoms. The largest absolute Gasteiger partial charge is 0.507 e. The molecule has 1 fully saturated rings. The van der Waals surface area contributed by atoms with Gasteiger partial charge in [0.05, 0.1) is 11.6 Å². The average Bonchev–Trinajstić information content (AvgIpc) is 2.68. The number of likely N-dealkylation sites (tertiary alicyclic amines) is 1. The van der Waals surface area contributed by atoms with E-state index < -0.39 is 0 Å². The van der Waals surface area contributed by atoms with E-state index >= 15 is 0 Å². The van der Waals surface area contributed by atoms with E-state index in [4.69, 9.17) is 0 Å². The highest BCUT2D eigenvalue weighted by Gasteiger charge is 2.21. The molecule has 6 nitrogen and oxygen atoms in total. The van der Waals surface area contributed by atoms with Crippen molar-refractivity contribution in [2.24, 2.45) is 0 Å². The van der Waals surface area contributed by atoms with Crippen molar-refractivity contribution >= 4 is 16.6 Å². The van der Waals surface area contributed by atoms with Gasteiger partial charge >= 0.3 is 0 Å². The fourth-order valence-electron chi connectivity index (χ4n) is 3.92. The lowest BCUT2D eigenvalue weighted by molar-refractivity contribution is 0.261. The monoisotopic (exact) mass is 373 g/mol. The summed E-state index contributed by atoms with van der Waals surface area (Å²) in [7, 11) is 2.11. The van der Waals surface area contributed by atoms with Gasteiger partial charge in [-0.1, -0.05) is 18.2 Å². The fourth-order valence-corrected chi connectivity index (χ4v) is 3.92. The Hall–Kier alpha value is -3.17. The minimum Gasteiger partial charge on any atom is -0.507 e. The molecule has 0 radical (unpaired) electrons. The molecule has 0 unspecified atom stereocenters. The van der Waals surface area contributed by atoms with Crippen LogP contribution in [0.3, 0.4) is 0 Å². The Balaban J connectivity index is 1.85. The van der Waals surface area contributed by atoms with Gasteiger partial charge in [0.25, 0.3) is 0 Å². The van der Waals surface area contributed by atoms with E-state index in [-0.39, 0.29) is 11.8 Å². The van der Waals surface area contributed by atoms with Crippen LogP contribution < -0.4 is 5.32 Å². The minimum absolute atomic E-state index is 0.160. The molecule has 4 rings (SSSR count). The summed E-state index contributed by atoms with van der Waals surface area (Å²) in [5, 5.41) is 34.0. The number of aromatic nitrogens is 2. The van der Waals surface area contributed by atoms with Crippen LogP contribution in [0.1, 0.15) is 24.0 Å². The molecule has 0 aliphatic carbocycles. The van der Waals surface area contributed by atoms with Gasteiger partial charge < -0.3 is 15.3 Å². The predicted molar refractivity (Wildman–Crippen MR) is 110 cm³/mol. The number of piperidine rings is 1. The number of phenolic OH excluding ortho intramolecular Hbond substituents is 1. The molecule has 1 saturated heterocycles. The third kappa shape index (κ3) is 3.37. The number of hydrogen-bond acceptors (Lipinski definition) is 6. The molecular formula is C22H23N5O. The first-order valence-corrected chi connectivity index (χ1v) is 9.51. The Kier molecular flexibility index (Phi) is 4.84. The zero-order valence-electron chi connectivity index (χ0n) is 16.1. The fraction of sp³-hybridized carbons (Fsp3) is 0.318. The van der Waals surface area contributed by atoms with Crippen LogP contribution in [0, 0.1) is 18.3 Å². The van der Waals surface area contributed by atoms with E-state index in [0.717, 1.165) is 42.3 Å². The van der Waals surface area contributed by atoms with Gasteiger partial charge in [0.15, 0.2) is 5.82 Å². The number of aryl methyl sites for hydroxylation is 1. The number of hydrogen-bond donors (Lipinski definition) is 2. The highest BCUT2D eigenvalue weighted by Crippen LogP contribution is 2.36. The Morgan fingerprint density at radius 2 is 2.11 bits per heavy atom. The van der Waals surface area contributed by atoms with Gasteiger partial charge in [-0.15, -0.1) is 10.2 Å². The van der Waals surface area contributed by atoms with Crippen LogP contribution in [0.4, 0.5) is 5.82 Å². The number of benzene rings is 2. The average molecular weight is 373 g/mol. The lowest BCUT2D eigenvalue weighted by Crippen LogP contribution is -2.40. The maximum atomic E-state index is 10.4. The van der Waals surface area contributed by atoms with E-state index in [1.54, 1.807) is 12.1 Å². The Labute approximate surface area is 164 Å². The number of aromatic hydroxyl groups is 1. The topological polar surface area (TPSA) is 85.1 Å². The number of nitriles is 1. The Bertz CT molecular complexity index is 1070. The van der Waals surface area contributed by atoms with Crippen molar-refractivity contribution in [2.75, 3.05) is 25.5 Å². The van der Waals surface area contributed by atoms with Gasteiger partial charge in [-0.25, -0.2) is 0 Å². The smallest absolute Gasteiger partial charge is 0.158 e. The minimum atomic E-state index is 0.160. The molecule has 0 amide bonds. The zero-order chi connectivity index (χ0) is 19.7. The van der Waals surface area contributed by atoms with Gasteiger partial charge in [0.2, 0.25) is 0 Å². The van der Waals surface area contributed by atoms with Crippen LogP contribution in [0.25, 0.3) is 22.0 Å². The number of anilines is 1. The molecule has 3 aromatic rings. The van der Waals surface area contributed by atoms with Crippen molar-refractivity contribution in [3.05, 3.63) is 47.5 Å². The molecule has 1 atom stereocenters. The number of nitrogens with one attached hydrogen (secondary N) is 1. The van der Waals surface area contributed by atoms with Crippen LogP contribution in [0.2, 0.25) is 0 Å². The van der Waals surface area contributed by atoms with Crippen molar-refractivity contribution < 1.29 is 5.11 Å². The summed E-state index contributed by atoms with van der Waals surface area (Å²) in [6.07, 6.45) is 2.18. The molecule has 0 bridgehead atoms. The summed E-state index contributed by atoms with van der Waals surface area (Å²) in [5.74, 6) is 0.787. The first-order valence-electron chi connectivity index (χ1n) is 9.51. The lowest BCUT2D eigenvalue weighted by Gasteiger charge is -2.30. The molecule has 1 aliphatic heterocycles. The lowest BCUT2D eigenvalue weighted by atomic mass is 9.99. The quantitative estimate of drug-likeness (QED) is 0.728. The Morgan fingerprint density at radius 3 is 2.86 bits per heavy atom.